The minimum absolute atomic E-state index is 0.117. The highest BCUT2D eigenvalue weighted by atomic mass is 35.5. The lowest BCUT2D eigenvalue weighted by Crippen LogP contribution is -2.15. The van der Waals surface area contributed by atoms with Crippen molar-refractivity contribution in [1.82, 2.24) is 4.73 Å². The quantitative estimate of drug-likeness (QED) is 0.363. The predicted molar refractivity (Wildman–Crippen MR) is 119 cm³/mol. The van der Waals surface area contributed by atoms with Gasteiger partial charge in [0, 0.05) is 40.0 Å². The molecule has 1 heterocycles. The highest BCUT2D eigenvalue weighted by Gasteiger charge is 2.18. The molecule has 29 heavy (non-hydrogen) atoms. The molecule has 0 radical (unpaired) electrons. The lowest BCUT2D eigenvalue weighted by atomic mass is 9.92. The Morgan fingerprint density at radius 1 is 1.00 bits per heavy atom. The van der Waals surface area contributed by atoms with E-state index in [2.05, 4.69) is 25.1 Å². The Labute approximate surface area is 179 Å². The summed E-state index contributed by atoms with van der Waals surface area (Å²) < 4.78 is 1.54. The van der Waals surface area contributed by atoms with Gasteiger partial charge in [-0.25, -0.2) is 4.79 Å². The minimum atomic E-state index is -0.370. The smallest absolute Gasteiger partial charge is 0.329 e. The summed E-state index contributed by atoms with van der Waals surface area (Å²) in [5.41, 5.74) is 4.95. The third-order valence-corrected chi connectivity index (χ3v) is 5.58. The summed E-state index contributed by atoms with van der Waals surface area (Å²) in [5.74, 6) is -0.253. The van der Waals surface area contributed by atoms with Crippen molar-refractivity contribution in [3.8, 4) is 11.1 Å². The maximum absolute atomic E-state index is 11.6. The molecule has 0 aliphatic rings. The Morgan fingerprint density at radius 2 is 1.76 bits per heavy atom. The van der Waals surface area contributed by atoms with Crippen molar-refractivity contribution in [3.63, 3.8) is 0 Å². The first kappa shape index (κ1) is 19.6. The van der Waals surface area contributed by atoms with Crippen molar-refractivity contribution < 1.29 is 9.63 Å². The van der Waals surface area contributed by atoms with Crippen LogP contribution < -0.4 is 4.84 Å². The van der Waals surface area contributed by atoms with Crippen LogP contribution in [0, 0.1) is 0 Å². The molecule has 1 unspecified atom stereocenters. The molecule has 0 bridgehead atoms. The van der Waals surface area contributed by atoms with Gasteiger partial charge in [-0.05, 0) is 41.0 Å². The Kier molecular flexibility index (Phi) is 5.35. The molecular weight excluding hydrogens is 405 g/mol. The minimum Gasteiger partial charge on any atom is -0.337 e. The fraction of sp³-hybridized carbons (Fsp3) is 0.125. The van der Waals surface area contributed by atoms with Crippen LogP contribution in [-0.2, 0) is 4.79 Å². The van der Waals surface area contributed by atoms with Gasteiger partial charge in [-0.1, -0.05) is 72.6 Å². The number of halogens is 2. The van der Waals surface area contributed by atoms with Crippen molar-refractivity contribution in [2.24, 2.45) is 0 Å². The molecule has 0 fully saturated rings. The maximum atomic E-state index is 11.6. The van der Waals surface area contributed by atoms with Crippen molar-refractivity contribution in [1.29, 1.82) is 0 Å². The second-order valence-corrected chi connectivity index (χ2v) is 7.83. The summed E-state index contributed by atoms with van der Waals surface area (Å²) in [6.45, 7) is 3.54. The monoisotopic (exact) mass is 423 g/mol. The van der Waals surface area contributed by atoms with E-state index in [0.717, 1.165) is 27.6 Å². The zero-order chi connectivity index (χ0) is 20.5. The van der Waals surface area contributed by atoms with Crippen molar-refractivity contribution in [3.05, 3.63) is 94.1 Å². The molecule has 0 amide bonds. The van der Waals surface area contributed by atoms with Crippen molar-refractivity contribution in [2.75, 3.05) is 0 Å². The van der Waals surface area contributed by atoms with Gasteiger partial charge in [0.25, 0.3) is 0 Å². The molecule has 5 heteroatoms. The van der Waals surface area contributed by atoms with Crippen LogP contribution in [0.5, 0.6) is 0 Å². The van der Waals surface area contributed by atoms with Gasteiger partial charge in [0.15, 0.2) is 0 Å². The summed E-state index contributed by atoms with van der Waals surface area (Å²) in [7, 11) is 0. The summed E-state index contributed by atoms with van der Waals surface area (Å²) in [6, 6.07) is 21.7. The van der Waals surface area contributed by atoms with Gasteiger partial charge in [-0.2, -0.15) is 4.73 Å². The second kappa shape index (κ2) is 7.94. The molecule has 0 aliphatic heterocycles. The van der Waals surface area contributed by atoms with Gasteiger partial charge >= 0.3 is 5.97 Å². The number of nitrogens with zero attached hydrogens (tertiary/aromatic N) is 1. The van der Waals surface area contributed by atoms with E-state index in [9.17, 15) is 4.79 Å². The van der Waals surface area contributed by atoms with E-state index >= 15 is 0 Å². The van der Waals surface area contributed by atoms with E-state index < -0.39 is 0 Å². The predicted octanol–water partition coefficient (Wildman–Crippen LogP) is 6.74. The van der Waals surface area contributed by atoms with Crippen molar-refractivity contribution >= 4 is 40.1 Å². The van der Waals surface area contributed by atoms with E-state index in [-0.39, 0.29) is 11.9 Å². The van der Waals surface area contributed by atoms with Gasteiger partial charge in [0.05, 0.1) is 5.52 Å². The van der Waals surface area contributed by atoms with Crippen LogP contribution >= 0.6 is 23.2 Å². The highest BCUT2D eigenvalue weighted by molar-refractivity contribution is 6.36. The average Bonchev–Trinajstić information content (AvgIpc) is 3.05. The number of hydrogen-bond acceptors (Lipinski definition) is 2. The summed E-state index contributed by atoms with van der Waals surface area (Å²) in [5, 5.41) is 2.19. The van der Waals surface area contributed by atoms with Gasteiger partial charge in [-0.3, -0.25) is 0 Å². The molecule has 0 saturated heterocycles. The summed E-state index contributed by atoms with van der Waals surface area (Å²) >= 11 is 12.5. The van der Waals surface area contributed by atoms with Crippen LogP contribution in [0.25, 0.3) is 22.0 Å². The van der Waals surface area contributed by atoms with E-state index in [1.807, 2.05) is 48.7 Å². The first-order valence-electron chi connectivity index (χ1n) is 9.28. The maximum Gasteiger partial charge on any atom is 0.329 e. The number of fused-ring (bicyclic) bond motifs is 1. The molecule has 0 aliphatic carbocycles. The number of carbonyl (C=O) groups excluding carboxylic acids is 1. The molecule has 0 saturated carbocycles. The number of rotatable bonds is 4. The van der Waals surface area contributed by atoms with Crippen LogP contribution in [0.2, 0.25) is 10.0 Å². The van der Waals surface area contributed by atoms with Crippen LogP contribution in [0.4, 0.5) is 0 Å². The molecule has 3 nitrogen and oxygen atoms in total. The lowest BCUT2D eigenvalue weighted by Gasteiger charge is -2.12. The topological polar surface area (TPSA) is 31.2 Å². The SMILES string of the molecule is CC(=O)On1cc(C(C)c2ccccc2)c2cc(-c3ccc(Cl)cc3Cl)ccc21. The van der Waals surface area contributed by atoms with Gasteiger partial charge in [0.1, 0.15) is 0 Å². The zero-order valence-corrected chi connectivity index (χ0v) is 17.5. The Hall–Kier alpha value is -2.75. The fourth-order valence-corrected chi connectivity index (χ4v) is 4.11. The average molecular weight is 424 g/mol. The number of hydrogen-bond donors (Lipinski definition) is 0. The Balaban J connectivity index is 1.90. The molecule has 4 aromatic rings. The van der Waals surface area contributed by atoms with Crippen molar-refractivity contribution in [2.45, 2.75) is 19.8 Å². The van der Waals surface area contributed by atoms with Gasteiger partial charge in [0.2, 0.25) is 0 Å². The Morgan fingerprint density at radius 3 is 2.45 bits per heavy atom. The van der Waals surface area contributed by atoms with Crippen LogP contribution in [0.3, 0.4) is 0 Å². The van der Waals surface area contributed by atoms with E-state index in [0.29, 0.717) is 10.0 Å². The molecule has 1 atom stereocenters. The standard InChI is InChI=1S/C24H19Cl2NO2/c1-15(17-6-4-3-5-7-17)22-14-27(29-16(2)28)24-11-8-18(12-21(22)24)20-10-9-19(25)13-23(20)26/h3-15H,1-2H3. The number of carbonyl (C=O) groups is 1. The first-order chi connectivity index (χ1) is 13.9. The largest absolute Gasteiger partial charge is 0.337 e. The summed E-state index contributed by atoms with van der Waals surface area (Å²) in [4.78, 5) is 17.0. The third kappa shape index (κ3) is 3.89. The fourth-order valence-electron chi connectivity index (χ4n) is 3.60. The number of aromatic nitrogens is 1. The molecule has 3 aromatic carbocycles. The van der Waals surface area contributed by atoms with Crippen LogP contribution in [0.1, 0.15) is 30.9 Å². The third-order valence-electron chi connectivity index (χ3n) is 5.04. The summed E-state index contributed by atoms with van der Waals surface area (Å²) in [6.07, 6.45) is 1.89. The molecular formula is C24H19Cl2NO2. The number of benzene rings is 3. The highest BCUT2D eigenvalue weighted by Crippen LogP contribution is 2.36. The first-order valence-corrected chi connectivity index (χ1v) is 10.0. The van der Waals surface area contributed by atoms with Crippen LogP contribution in [0.15, 0.2) is 72.9 Å². The van der Waals surface area contributed by atoms with E-state index in [1.54, 1.807) is 10.8 Å². The molecule has 0 spiro atoms. The lowest BCUT2D eigenvalue weighted by molar-refractivity contribution is -0.140. The van der Waals surface area contributed by atoms with E-state index in [1.165, 1.54) is 12.5 Å². The normalized spacial score (nSPS) is 12.1. The second-order valence-electron chi connectivity index (χ2n) is 6.98. The molecule has 146 valence electrons. The molecule has 4 rings (SSSR count). The van der Waals surface area contributed by atoms with Gasteiger partial charge in [-0.15, -0.1) is 0 Å². The van der Waals surface area contributed by atoms with Crippen LogP contribution in [-0.4, -0.2) is 10.7 Å². The van der Waals surface area contributed by atoms with Gasteiger partial charge < -0.3 is 4.84 Å². The zero-order valence-electron chi connectivity index (χ0n) is 16.0. The molecule has 0 N–H and O–H groups in total. The Bertz CT molecular complexity index is 1200. The molecule has 1 aromatic heterocycles. The van der Waals surface area contributed by atoms with E-state index in [4.69, 9.17) is 28.0 Å².